The summed E-state index contributed by atoms with van der Waals surface area (Å²) in [6.07, 6.45) is 1.08. The quantitative estimate of drug-likeness (QED) is 0.458. The molecule has 0 fully saturated rings. The highest BCUT2D eigenvalue weighted by molar-refractivity contribution is 14.1. The molecule has 6 heteroatoms. The lowest BCUT2D eigenvalue weighted by molar-refractivity contribution is 0.606. The predicted molar refractivity (Wildman–Crippen MR) is 101 cm³/mol. The molecule has 0 spiro atoms. The van der Waals surface area contributed by atoms with Crippen molar-refractivity contribution >= 4 is 73.1 Å². The molecular formula is C14H13BrCl2INS. The van der Waals surface area contributed by atoms with Crippen LogP contribution in [0.15, 0.2) is 28.1 Å². The highest BCUT2D eigenvalue weighted by Gasteiger charge is 2.18. The maximum atomic E-state index is 6.25. The van der Waals surface area contributed by atoms with E-state index in [9.17, 15) is 0 Å². The number of nitrogens with one attached hydrogen (secondary N) is 1. The molecule has 1 N–H and O–H groups in total. The number of thiophene rings is 1. The van der Waals surface area contributed by atoms with Gasteiger partial charge in [0.2, 0.25) is 0 Å². The van der Waals surface area contributed by atoms with Crippen molar-refractivity contribution in [3.63, 3.8) is 0 Å². The first-order chi connectivity index (χ1) is 9.52. The van der Waals surface area contributed by atoms with Crippen molar-refractivity contribution in [3.8, 4) is 0 Å². The number of hydrogen-bond donors (Lipinski definition) is 1. The first-order valence-corrected chi connectivity index (χ1v) is 9.60. The van der Waals surface area contributed by atoms with Crippen LogP contribution in [0.25, 0.3) is 0 Å². The maximum Gasteiger partial charge on any atom is 0.0888 e. The lowest BCUT2D eigenvalue weighted by Crippen LogP contribution is -2.22. The van der Waals surface area contributed by atoms with Crippen LogP contribution in [0.2, 0.25) is 10.0 Å². The van der Waals surface area contributed by atoms with Gasteiger partial charge in [-0.2, -0.15) is 0 Å². The smallest absolute Gasteiger partial charge is 0.0888 e. The highest BCUT2D eigenvalue weighted by Crippen LogP contribution is 2.38. The van der Waals surface area contributed by atoms with Gasteiger partial charge in [-0.3, -0.25) is 0 Å². The van der Waals surface area contributed by atoms with Crippen LogP contribution in [0.5, 0.6) is 0 Å². The van der Waals surface area contributed by atoms with Crippen LogP contribution < -0.4 is 5.32 Å². The van der Waals surface area contributed by atoms with Gasteiger partial charge in [-0.25, -0.2) is 0 Å². The van der Waals surface area contributed by atoms with E-state index in [1.807, 2.05) is 18.2 Å². The molecule has 0 aliphatic rings. The monoisotopic (exact) mass is 503 g/mol. The molecule has 0 bridgehead atoms. The molecule has 0 aliphatic heterocycles. The summed E-state index contributed by atoms with van der Waals surface area (Å²) >= 11 is 19.8. The summed E-state index contributed by atoms with van der Waals surface area (Å²) in [5, 5.41) is 5.10. The van der Waals surface area contributed by atoms with Crippen molar-refractivity contribution in [3.05, 3.63) is 52.1 Å². The molecule has 20 heavy (non-hydrogen) atoms. The van der Waals surface area contributed by atoms with Crippen LogP contribution in [0.1, 0.15) is 29.8 Å². The third kappa shape index (κ3) is 4.11. The third-order valence-electron chi connectivity index (χ3n) is 2.82. The van der Waals surface area contributed by atoms with Crippen LogP contribution in [0.4, 0.5) is 0 Å². The topological polar surface area (TPSA) is 12.0 Å². The van der Waals surface area contributed by atoms with Crippen molar-refractivity contribution in [1.82, 2.24) is 5.32 Å². The van der Waals surface area contributed by atoms with E-state index < -0.39 is 0 Å². The molecule has 0 radical (unpaired) electrons. The summed E-state index contributed by atoms with van der Waals surface area (Å²) in [6, 6.07) is 8.32. The SMILES string of the molecule is CCCNC(c1ccc(I)c(Cl)c1)c1cc(Cl)c(Br)s1. The zero-order chi connectivity index (χ0) is 14.7. The van der Waals surface area contributed by atoms with E-state index in [0.29, 0.717) is 0 Å². The Kier molecular flexibility index (Phi) is 6.63. The van der Waals surface area contributed by atoms with E-state index in [2.05, 4.69) is 56.8 Å². The third-order valence-corrected chi connectivity index (χ3v) is 6.94. The van der Waals surface area contributed by atoms with Crippen LogP contribution in [-0.4, -0.2) is 6.54 Å². The minimum atomic E-state index is 0.123. The van der Waals surface area contributed by atoms with Gasteiger partial charge in [-0.1, -0.05) is 36.2 Å². The Morgan fingerprint density at radius 3 is 2.60 bits per heavy atom. The molecule has 1 unspecified atom stereocenters. The summed E-state index contributed by atoms with van der Waals surface area (Å²) in [5.41, 5.74) is 1.16. The van der Waals surface area contributed by atoms with Crippen molar-refractivity contribution in [2.24, 2.45) is 0 Å². The number of rotatable bonds is 5. The first kappa shape index (κ1) is 17.0. The second-order valence-electron chi connectivity index (χ2n) is 4.33. The molecular weight excluding hydrogens is 492 g/mol. The number of benzene rings is 1. The Morgan fingerprint density at radius 1 is 1.30 bits per heavy atom. The zero-order valence-corrected chi connectivity index (χ0v) is 16.8. The molecule has 0 saturated heterocycles. The van der Waals surface area contributed by atoms with E-state index in [0.717, 1.165) is 35.9 Å². The van der Waals surface area contributed by atoms with Crippen LogP contribution in [0, 0.1) is 3.57 Å². The first-order valence-electron chi connectivity index (χ1n) is 6.16. The Bertz CT molecular complexity index is 583. The van der Waals surface area contributed by atoms with Gasteiger partial charge < -0.3 is 5.32 Å². The molecule has 1 atom stereocenters. The molecule has 2 aromatic rings. The maximum absolute atomic E-state index is 6.25. The van der Waals surface area contributed by atoms with Crippen molar-refractivity contribution in [2.45, 2.75) is 19.4 Å². The summed E-state index contributed by atoms with van der Waals surface area (Å²) < 4.78 is 2.03. The largest absolute Gasteiger partial charge is 0.306 e. The number of halogens is 4. The van der Waals surface area contributed by atoms with Gasteiger partial charge in [0, 0.05) is 8.45 Å². The molecule has 1 nitrogen and oxygen atoms in total. The van der Waals surface area contributed by atoms with Gasteiger partial charge in [-0.05, 0) is 75.2 Å². The predicted octanol–water partition coefficient (Wildman–Crippen LogP) is 6.51. The van der Waals surface area contributed by atoms with Crippen molar-refractivity contribution in [2.75, 3.05) is 6.54 Å². The second kappa shape index (κ2) is 7.79. The molecule has 108 valence electrons. The van der Waals surface area contributed by atoms with Gasteiger partial charge in [0.05, 0.1) is 19.9 Å². The minimum absolute atomic E-state index is 0.123. The average Bonchev–Trinajstić information content (AvgIpc) is 2.74. The second-order valence-corrected chi connectivity index (χ2v) is 8.71. The van der Waals surface area contributed by atoms with Gasteiger partial charge in [0.25, 0.3) is 0 Å². The van der Waals surface area contributed by atoms with E-state index in [4.69, 9.17) is 23.2 Å². The fourth-order valence-corrected chi connectivity index (χ4v) is 4.24. The Morgan fingerprint density at radius 2 is 2.05 bits per heavy atom. The van der Waals surface area contributed by atoms with E-state index in [1.54, 1.807) is 11.3 Å². The van der Waals surface area contributed by atoms with E-state index >= 15 is 0 Å². The molecule has 1 heterocycles. The minimum Gasteiger partial charge on any atom is -0.306 e. The van der Waals surface area contributed by atoms with Crippen molar-refractivity contribution in [1.29, 1.82) is 0 Å². The average molecular weight is 505 g/mol. The Hall–Kier alpha value is 0.670. The zero-order valence-electron chi connectivity index (χ0n) is 10.7. The summed E-state index contributed by atoms with van der Waals surface area (Å²) in [5.74, 6) is 0. The Labute approximate surface area is 155 Å². The molecule has 0 saturated carbocycles. The fourth-order valence-electron chi connectivity index (χ4n) is 1.87. The van der Waals surface area contributed by atoms with Crippen LogP contribution in [-0.2, 0) is 0 Å². The summed E-state index contributed by atoms with van der Waals surface area (Å²) in [7, 11) is 0. The molecule has 2 rings (SSSR count). The Balaban J connectivity index is 2.38. The van der Waals surface area contributed by atoms with Gasteiger partial charge in [-0.15, -0.1) is 11.3 Å². The standard InChI is InChI=1S/C14H13BrCl2INS/c1-2-5-19-13(12-7-10(17)14(15)20-12)8-3-4-11(18)9(16)6-8/h3-4,6-7,13,19H,2,5H2,1H3. The lowest BCUT2D eigenvalue weighted by atomic mass is 10.1. The highest BCUT2D eigenvalue weighted by atomic mass is 127. The van der Waals surface area contributed by atoms with Crippen molar-refractivity contribution < 1.29 is 0 Å². The van der Waals surface area contributed by atoms with Gasteiger partial charge in [0.15, 0.2) is 0 Å². The summed E-state index contributed by atoms with van der Waals surface area (Å²) in [4.78, 5) is 1.19. The van der Waals surface area contributed by atoms with E-state index in [1.165, 1.54) is 4.88 Å². The summed E-state index contributed by atoms with van der Waals surface area (Å²) in [6.45, 7) is 3.10. The fraction of sp³-hybridized carbons (Fsp3) is 0.286. The van der Waals surface area contributed by atoms with Crippen LogP contribution >= 0.6 is 73.1 Å². The van der Waals surface area contributed by atoms with Gasteiger partial charge >= 0.3 is 0 Å². The van der Waals surface area contributed by atoms with E-state index in [-0.39, 0.29) is 6.04 Å². The van der Waals surface area contributed by atoms with Gasteiger partial charge in [0.1, 0.15) is 0 Å². The normalized spacial score (nSPS) is 12.7. The molecule has 1 aromatic heterocycles. The molecule has 0 aliphatic carbocycles. The molecule has 1 aromatic carbocycles. The molecule has 0 amide bonds. The van der Waals surface area contributed by atoms with Crippen LogP contribution in [0.3, 0.4) is 0 Å². The number of hydrogen-bond acceptors (Lipinski definition) is 2. The lowest BCUT2D eigenvalue weighted by Gasteiger charge is -2.18.